The van der Waals surface area contributed by atoms with Gasteiger partial charge in [0.05, 0.1) is 10.6 Å². The largest absolute Gasteiger partial charge is 0.311 e. The summed E-state index contributed by atoms with van der Waals surface area (Å²) in [6, 6.07) is 2.02. The van der Waals surface area contributed by atoms with Crippen LogP contribution in [0.1, 0.15) is 19.9 Å². The van der Waals surface area contributed by atoms with Gasteiger partial charge in [0.1, 0.15) is 18.0 Å². The summed E-state index contributed by atoms with van der Waals surface area (Å²) in [7, 11) is 0. The van der Waals surface area contributed by atoms with E-state index >= 15 is 0 Å². The summed E-state index contributed by atoms with van der Waals surface area (Å²) in [6.07, 6.45) is 1.48. The van der Waals surface area contributed by atoms with Crippen molar-refractivity contribution in [2.75, 3.05) is 0 Å². The van der Waals surface area contributed by atoms with Crippen LogP contribution in [0.2, 0.25) is 5.02 Å². The molecule has 17 heavy (non-hydrogen) atoms. The lowest BCUT2D eigenvalue weighted by atomic mass is 10.2. The predicted molar refractivity (Wildman–Crippen MR) is 60.8 cm³/mol. The van der Waals surface area contributed by atoms with E-state index in [1.54, 1.807) is 4.57 Å². The standard InChI is InChI=1S/C11H10ClF2N3/c1-6(2)17-5-15-16-11(17)7-3-10(14)8(12)4-9(7)13/h3-6H,1-2H3. The number of aromatic nitrogens is 3. The third-order valence-corrected chi connectivity index (χ3v) is 2.67. The van der Waals surface area contributed by atoms with Gasteiger partial charge in [0.25, 0.3) is 0 Å². The van der Waals surface area contributed by atoms with E-state index in [1.165, 1.54) is 6.33 Å². The molecule has 1 heterocycles. The number of halogens is 3. The van der Waals surface area contributed by atoms with Crippen LogP contribution in [0.5, 0.6) is 0 Å². The maximum absolute atomic E-state index is 13.7. The Morgan fingerprint density at radius 2 is 1.94 bits per heavy atom. The van der Waals surface area contributed by atoms with Crippen LogP contribution in [0, 0.1) is 11.6 Å². The Balaban J connectivity index is 2.60. The topological polar surface area (TPSA) is 30.7 Å². The quantitative estimate of drug-likeness (QED) is 0.772. The van der Waals surface area contributed by atoms with Crippen LogP contribution < -0.4 is 0 Å². The van der Waals surface area contributed by atoms with E-state index in [0.717, 1.165) is 12.1 Å². The number of hydrogen-bond donors (Lipinski definition) is 0. The van der Waals surface area contributed by atoms with Crippen LogP contribution in [-0.2, 0) is 0 Å². The van der Waals surface area contributed by atoms with Crippen molar-refractivity contribution >= 4 is 11.6 Å². The Morgan fingerprint density at radius 1 is 1.24 bits per heavy atom. The van der Waals surface area contributed by atoms with Crippen molar-refractivity contribution in [2.24, 2.45) is 0 Å². The molecule has 2 rings (SSSR count). The zero-order valence-electron chi connectivity index (χ0n) is 9.28. The van der Waals surface area contributed by atoms with Crippen LogP contribution in [0.4, 0.5) is 8.78 Å². The van der Waals surface area contributed by atoms with Crippen LogP contribution in [0.15, 0.2) is 18.5 Å². The molecule has 2 aromatic rings. The number of nitrogens with zero attached hydrogens (tertiary/aromatic N) is 3. The third kappa shape index (κ3) is 2.15. The van der Waals surface area contributed by atoms with Crippen molar-refractivity contribution in [3.05, 3.63) is 35.1 Å². The fourth-order valence-corrected chi connectivity index (χ4v) is 1.66. The first-order valence-electron chi connectivity index (χ1n) is 5.05. The van der Waals surface area contributed by atoms with Crippen molar-refractivity contribution in [3.63, 3.8) is 0 Å². The lowest BCUT2D eigenvalue weighted by Gasteiger charge is -2.10. The van der Waals surface area contributed by atoms with Crippen molar-refractivity contribution in [3.8, 4) is 11.4 Å². The molecule has 0 fully saturated rings. The van der Waals surface area contributed by atoms with E-state index in [4.69, 9.17) is 11.6 Å². The molecule has 1 aromatic heterocycles. The van der Waals surface area contributed by atoms with E-state index in [2.05, 4.69) is 10.2 Å². The van der Waals surface area contributed by atoms with Gasteiger partial charge in [-0.15, -0.1) is 10.2 Å². The summed E-state index contributed by atoms with van der Waals surface area (Å²) in [5.74, 6) is -1.01. The highest BCUT2D eigenvalue weighted by molar-refractivity contribution is 6.30. The van der Waals surface area contributed by atoms with Crippen LogP contribution in [0.3, 0.4) is 0 Å². The number of rotatable bonds is 2. The fraction of sp³-hybridized carbons (Fsp3) is 0.273. The predicted octanol–water partition coefficient (Wildman–Crippen LogP) is 3.46. The Bertz CT molecular complexity index is 552. The number of hydrogen-bond acceptors (Lipinski definition) is 2. The Labute approximate surface area is 102 Å². The van der Waals surface area contributed by atoms with Gasteiger partial charge in [-0.05, 0) is 26.0 Å². The summed E-state index contributed by atoms with van der Waals surface area (Å²) in [6.45, 7) is 3.80. The van der Waals surface area contributed by atoms with Gasteiger partial charge in [0.15, 0.2) is 5.82 Å². The summed E-state index contributed by atoms with van der Waals surface area (Å²) in [4.78, 5) is 0. The average Bonchev–Trinajstić information content (AvgIpc) is 2.72. The summed E-state index contributed by atoms with van der Waals surface area (Å²) in [5.41, 5.74) is 0.0538. The molecule has 0 saturated carbocycles. The molecule has 0 aliphatic carbocycles. The van der Waals surface area contributed by atoms with Gasteiger partial charge in [0.2, 0.25) is 0 Å². The van der Waals surface area contributed by atoms with Gasteiger partial charge in [-0.1, -0.05) is 11.6 Å². The molecule has 0 aliphatic rings. The molecule has 1 aromatic carbocycles. The Hall–Kier alpha value is -1.49. The maximum atomic E-state index is 13.7. The molecule has 0 bridgehead atoms. The summed E-state index contributed by atoms with van der Waals surface area (Å²) >= 11 is 5.49. The van der Waals surface area contributed by atoms with E-state index in [-0.39, 0.29) is 22.5 Å². The van der Waals surface area contributed by atoms with Crippen LogP contribution >= 0.6 is 11.6 Å². The normalized spacial score (nSPS) is 11.2. The smallest absolute Gasteiger partial charge is 0.167 e. The monoisotopic (exact) mass is 257 g/mol. The molecular formula is C11H10ClF2N3. The molecule has 6 heteroatoms. The molecule has 0 N–H and O–H groups in total. The first kappa shape index (κ1) is 12.0. The molecule has 0 amide bonds. The van der Waals surface area contributed by atoms with Crippen molar-refractivity contribution < 1.29 is 8.78 Å². The molecule has 90 valence electrons. The first-order valence-corrected chi connectivity index (χ1v) is 5.43. The van der Waals surface area contributed by atoms with Crippen molar-refractivity contribution in [1.29, 1.82) is 0 Å². The van der Waals surface area contributed by atoms with E-state index in [9.17, 15) is 8.78 Å². The van der Waals surface area contributed by atoms with Crippen molar-refractivity contribution in [1.82, 2.24) is 14.8 Å². The van der Waals surface area contributed by atoms with Gasteiger partial charge in [0, 0.05) is 6.04 Å². The molecule has 0 aliphatic heterocycles. The van der Waals surface area contributed by atoms with E-state index in [1.807, 2.05) is 13.8 Å². The van der Waals surface area contributed by atoms with Gasteiger partial charge in [-0.3, -0.25) is 0 Å². The highest BCUT2D eigenvalue weighted by Crippen LogP contribution is 2.27. The Morgan fingerprint density at radius 3 is 2.59 bits per heavy atom. The lowest BCUT2D eigenvalue weighted by molar-refractivity contribution is 0.585. The van der Waals surface area contributed by atoms with Gasteiger partial charge in [-0.25, -0.2) is 8.78 Å². The SMILES string of the molecule is CC(C)n1cnnc1-c1cc(F)c(Cl)cc1F. The molecule has 0 radical (unpaired) electrons. The Kier molecular flexibility index (Phi) is 3.11. The third-order valence-electron chi connectivity index (χ3n) is 2.38. The lowest BCUT2D eigenvalue weighted by Crippen LogP contribution is -2.03. The maximum Gasteiger partial charge on any atom is 0.167 e. The minimum absolute atomic E-state index is 0.0538. The second kappa shape index (κ2) is 4.41. The first-order chi connectivity index (χ1) is 8.00. The van der Waals surface area contributed by atoms with E-state index < -0.39 is 11.6 Å². The van der Waals surface area contributed by atoms with Crippen LogP contribution in [-0.4, -0.2) is 14.8 Å². The minimum Gasteiger partial charge on any atom is -0.311 e. The van der Waals surface area contributed by atoms with Crippen LogP contribution in [0.25, 0.3) is 11.4 Å². The highest BCUT2D eigenvalue weighted by atomic mass is 35.5. The number of benzene rings is 1. The molecule has 0 unspecified atom stereocenters. The van der Waals surface area contributed by atoms with Gasteiger partial charge in [-0.2, -0.15) is 0 Å². The van der Waals surface area contributed by atoms with Crippen molar-refractivity contribution in [2.45, 2.75) is 19.9 Å². The zero-order chi connectivity index (χ0) is 12.6. The molecular weight excluding hydrogens is 248 g/mol. The molecule has 3 nitrogen and oxygen atoms in total. The van der Waals surface area contributed by atoms with E-state index in [0.29, 0.717) is 0 Å². The molecule has 0 saturated heterocycles. The van der Waals surface area contributed by atoms with Gasteiger partial charge >= 0.3 is 0 Å². The molecule has 0 atom stereocenters. The fourth-order valence-electron chi connectivity index (χ4n) is 1.51. The average molecular weight is 258 g/mol. The zero-order valence-corrected chi connectivity index (χ0v) is 10.0. The second-order valence-electron chi connectivity index (χ2n) is 3.90. The second-order valence-corrected chi connectivity index (χ2v) is 4.31. The molecule has 0 spiro atoms. The summed E-state index contributed by atoms with van der Waals surface area (Å²) < 4.78 is 28.7. The van der Waals surface area contributed by atoms with Gasteiger partial charge < -0.3 is 4.57 Å². The summed E-state index contributed by atoms with van der Waals surface area (Å²) in [5, 5.41) is 7.26. The minimum atomic E-state index is -0.679. The highest BCUT2D eigenvalue weighted by Gasteiger charge is 2.16.